The van der Waals surface area contributed by atoms with Crippen molar-refractivity contribution < 1.29 is 22.7 Å². The van der Waals surface area contributed by atoms with Crippen molar-refractivity contribution >= 4 is 15.9 Å². The quantitative estimate of drug-likeness (QED) is 0.717. The zero-order valence-electron chi connectivity index (χ0n) is 18.0. The molecule has 168 valence electrons. The summed E-state index contributed by atoms with van der Waals surface area (Å²) < 4.78 is 36.4. The lowest BCUT2D eigenvalue weighted by Crippen LogP contribution is -2.51. The highest BCUT2D eigenvalue weighted by Crippen LogP contribution is 2.44. The van der Waals surface area contributed by atoms with Crippen molar-refractivity contribution in [1.29, 1.82) is 0 Å². The molecule has 2 atom stereocenters. The maximum Gasteiger partial charge on any atom is 0.271 e. The molecule has 0 spiro atoms. The first-order chi connectivity index (χ1) is 14.8. The first-order valence-corrected chi connectivity index (χ1v) is 12.0. The summed E-state index contributed by atoms with van der Waals surface area (Å²) in [5.74, 6) is 0.656. The molecule has 4 rings (SSSR count). The number of amides is 1. The number of ether oxygens (including phenoxy) is 2. The number of rotatable bonds is 6. The Morgan fingerprint density at radius 3 is 2.65 bits per heavy atom. The molecule has 1 N–H and O–H groups in total. The third-order valence-electron chi connectivity index (χ3n) is 6.48. The smallest absolute Gasteiger partial charge is 0.271 e. The van der Waals surface area contributed by atoms with E-state index >= 15 is 0 Å². The van der Waals surface area contributed by atoms with Gasteiger partial charge in [0.25, 0.3) is 5.91 Å². The molecule has 9 nitrogen and oxygen atoms in total. The van der Waals surface area contributed by atoms with Gasteiger partial charge >= 0.3 is 0 Å². The van der Waals surface area contributed by atoms with Crippen molar-refractivity contribution in [3.05, 3.63) is 36.0 Å². The number of carbonyl (C=O) groups is 1. The van der Waals surface area contributed by atoms with E-state index in [0.717, 1.165) is 11.3 Å². The van der Waals surface area contributed by atoms with Gasteiger partial charge in [0, 0.05) is 44.3 Å². The second kappa shape index (κ2) is 8.25. The molecule has 1 amide bonds. The van der Waals surface area contributed by atoms with Gasteiger partial charge in [0.15, 0.2) is 0 Å². The first kappa shape index (κ1) is 21.8. The molecule has 31 heavy (non-hydrogen) atoms. The van der Waals surface area contributed by atoms with Gasteiger partial charge in [-0.2, -0.15) is 5.10 Å². The molecule has 1 aromatic carbocycles. The van der Waals surface area contributed by atoms with Gasteiger partial charge in [-0.15, -0.1) is 0 Å². The molecule has 3 heterocycles. The van der Waals surface area contributed by atoms with Crippen molar-refractivity contribution in [1.82, 2.24) is 19.4 Å². The molecule has 0 bridgehead atoms. The molecule has 2 aliphatic heterocycles. The maximum absolute atomic E-state index is 13.1. The zero-order chi connectivity index (χ0) is 22.2. The third-order valence-corrected chi connectivity index (χ3v) is 7.70. The van der Waals surface area contributed by atoms with Crippen LogP contribution in [-0.2, 0) is 14.8 Å². The minimum absolute atomic E-state index is 0.0313. The summed E-state index contributed by atoms with van der Waals surface area (Å²) in [5, 5.41) is 7.14. The van der Waals surface area contributed by atoms with Gasteiger partial charge in [0.1, 0.15) is 11.4 Å². The molecule has 2 fully saturated rings. The van der Waals surface area contributed by atoms with E-state index in [1.807, 2.05) is 24.3 Å². The monoisotopic (exact) mass is 448 g/mol. The summed E-state index contributed by atoms with van der Waals surface area (Å²) in [6.45, 7) is 2.37. The lowest BCUT2D eigenvalue weighted by atomic mass is 9.73. The molecule has 0 radical (unpaired) electrons. The molecule has 2 saturated heterocycles. The number of aromatic amines is 1. The van der Waals surface area contributed by atoms with Crippen LogP contribution in [0.2, 0.25) is 0 Å². The number of hydrogen-bond acceptors (Lipinski definition) is 6. The number of H-pyrrole nitrogens is 1. The molecule has 0 aliphatic carbocycles. The van der Waals surface area contributed by atoms with Gasteiger partial charge in [-0.25, -0.2) is 12.7 Å². The van der Waals surface area contributed by atoms with E-state index in [4.69, 9.17) is 9.47 Å². The number of nitrogens with zero attached hydrogens (tertiary/aromatic N) is 3. The Labute approximate surface area is 182 Å². The predicted molar refractivity (Wildman–Crippen MR) is 115 cm³/mol. The summed E-state index contributed by atoms with van der Waals surface area (Å²) in [6.07, 6.45) is 1.93. The van der Waals surface area contributed by atoms with E-state index < -0.39 is 10.0 Å². The van der Waals surface area contributed by atoms with Crippen molar-refractivity contribution in [2.24, 2.45) is 11.3 Å². The molecule has 1 aromatic heterocycles. The second-order valence-electron chi connectivity index (χ2n) is 8.44. The number of fused-ring (bicyclic) bond motifs is 1. The van der Waals surface area contributed by atoms with Crippen molar-refractivity contribution in [3.8, 4) is 17.0 Å². The van der Waals surface area contributed by atoms with Gasteiger partial charge in [0.2, 0.25) is 10.0 Å². The number of piperidine rings is 1. The summed E-state index contributed by atoms with van der Waals surface area (Å²) in [4.78, 5) is 14.9. The zero-order valence-corrected chi connectivity index (χ0v) is 18.8. The van der Waals surface area contributed by atoms with Crippen LogP contribution < -0.4 is 4.74 Å². The Morgan fingerprint density at radius 2 is 2.00 bits per heavy atom. The summed E-state index contributed by atoms with van der Waals surface area (Å²) in [6, 6.07) is 9.22. The average molecular weight is 449 g/mol. The van der Waals surface area contributed by atoms with Crippen LogP contribution in [0.3, 0.4) is 0 Å². The van der Waals surface area contributed by atoms with Crippen LogP contribution in [0.25, 0.3) is 11.3 Å². The minimum Gasteiger partial charge on any atom is -0.497 e. The van der Waals surface area contributed by atoms with Crippen LogP contribution in [0.15, 0.2) is 30.3 Å². The standard InChI is InChI=1S/C21H28N4O5S/c1-29-14-21-8-9-24(11-16(21)12-25(13-21)31(3,27)28)20(26)19-10-18(22-23-19)15-4-6-17(30-2)7-5-15/h4-7,10,16H,8-9,11-14H2,1-3H3,(H,22,23)/t16-,21+/m1/s1. The van der Waals surface area contributed by atoms with Crippen molar-refractivity contribution in [2.75, 3.05) is 53.3 Å². The van der Waals surface area contributed by atoms with E-state index in [2.05, 4.69) is 10.2 Å². The molecule has 0 saturated carbocycles. The molecule has 0 unspecified atom stereocenters. The van der Waals surface area contributed by atoms with E-state index in [1.54, 1.807) is 25.2 Å². The number of carbonyl (C=O) groups excluding carboxylic acids is 1. The first-order valence-electron chi connectivity index (χ1n) is 10.2. The second-order valence-corrected chi connectivity index (χ2v) is 10.4. The van der Waals surface area contributed by atoms with E-state index in [0.29, 0.717) is 50.6 Å². The van der Waals surface area contributed by atoms with E-state index in [9.17, 15) is 13.2 Å². The Kier molecular flexibility index (Phi) is 5.80. The van der Waals surface area contributed by atoms with Gasteiger partial charge in [0.05, 0.1) is 25.7 Å². The van der Waals surface area contributed by atoms with Gasteiger partial charge in [-0.05, 0) is 42.7 Å². The lowest BCUT2D eigenvalue weighted by molar-refractivity contribution is 0.00322. The number of hydrogen-bond donors (Lipinski definition) is 1. The number of nitrogens with one attached hydrogen (secondary N) is 1. The summed E-state index contributed by atoms with van der Waals surface area (Å²) >= 11 is 0. The fraction of sp³-hybridized carbons (Fsp3) is 0.524. The highest BCUT2D eigenvalue weighted by atomic mass is 32.2. The van der Waals surface area contributed by atoms with Crippen molar-refractivity contribution in [2.45, 2.75) is 6.42 Å². The van der Waals surface area contributed by atoms with Gasteiger partial charge in [-0.1, -0.05) is 0 Å². The highest BCUT2D eigenvalue weighted by Gasteiger charge is 2.52. The van der Waals surface area contributed by atoms with E-state index in [-0.39, 0.29) is 17.2 Å². The normalized spacial score (nSPS) is 24.2. The average Bonchev–Trinajstić information content (AvgIpc) is 3.38. The molecular formula is C21H28N4O5S. The highest BCUT2D eigenvalue weighted by molar-refractivity contribution is 7.88. The number of sulfonamides is 1. The van der Waals surface area contributed by atoms with Crippen LogP contribution >= 0.6 is 0 Å². The predicted octanol–water partition coefficient (Wildman–Crippen LogP) is 1.46. The minimum atomic E-state index is -3.29. The Morgan fingerprint density at radius 1 is 1.26 bits per heavy atom. The Bertz CT molecular complexity index is 1050. The number of benzene rings is 1. The molecule has 10 heteroatoms. The van der Waals surface area contributed by atoms with E-state index in [1.165, 1.54) is 10.6 Å². The number of methoxy groups -OCH3 is 2. The van der Waals surface area contributed by atoms with Crippen molar-refractivity contribution in [3.63, 3.8) is 0 Å². The van der Waals surface area contributed by atoms with Crippen LogP contribution in [0.5, 0.6) is 5.75 Å². The number of aromatic nitrogens is 2. The molecule has 2 aliphatic rings. The Balaban J connectivity index is 1.50. The Hall–Kier alpha value is -2.43. The third kappa shape index (κ3) is 4.19. The molecular weight excluding hydrogens is 420 g/mol. The van der Waals surface area contributed by atoms with Crippen LogP contribution in [0.4, 0.5) is 0 Å². The fourth-order valence-corrected chi connectivity index (χ4v) is 5.65. The van der Waals surface area contributed by atoms with Crippen LogP contribution in [0, 0.1) is 11.3 Å². The maximum atomic E-state index is 13.1. The SMILES string of the molecule is COC[C@@]12CCN(C(=O)c3cc(-c4ccc(OC)cc4)n[nH]3)C[C@@H]1CN(S(C)(=O)=O)C2. The fourth-order valence-electron chi connectivity index (χ4n) is 4.71. The van der Waals surface area contributed by atoms with Crippen LogP contribution in [0.1, 0.15) is 16.9 Å². The topological polar surface area (TPSA) is 105 Å². The largest absolute Gasteiger partial charge is 0.497 e. The molecule has 2 aromatic rings. The number of likely N-dealkylation sites (tertiary alicyclic amines) is 1. The lowest BCUT2D eigenvalue weighted by Gasteiger charge is -2.43. The summed E-state index contributed by atoms with van der Waals surface area (Å²) in [7, 11) is -0.0428. The van der Waals surface area contributed by atoms with Gasteiger partial charge in [-0.3, -0.25) is 9.89 Å². The van der Waals surface area contributed by atoms with Gasteiger partial charge < -0.3 is 14.4 Å². The summed E-state index contributed by atoms with van der Waals surface area (Å²) in [5.41, 5.74) is 1.73. The van der Waals surface area contributed by atoms with Crippen LogP contribution in [-0.4, -0.2) is 87.0 Å².